The summed E-state index contributed by atoms with van der Waals surface area (Å²) in [5, 5.41) is 4.76. The van der Waals surface area contributed by atoms with Gasteiger partial charge in [0.05, 0.1) is 16.9 Å². The minimum atomic E-state index is 0.534. The SMILES string of the molecule is CCCN(CCC)C1=Nc2cc(CN)ccc2Nc2sc(C)cc21. The molecule has 24 heavy (non-hydrogen) atoms. The van der Waals surface area contributed by atoms with Crippen molar-refractivity contribution in [1.82, 2.24) is 4.90 Å². The molecule has 0 aliphatic carbocycles. The van der Waals surface area contributed by atoms with Gasteiger partial charge < -0.3 is 16.0 Å². The predicted octanol–water partition coefficient (Wildman–Crippen LogP) is 4.77. The summed E-state index contributed by atoms with van der Waals surface area (Å²) in [6, 6.07) is 8.51. The fourth-order valence-corrected chi connectivity index (χ4v) is 4.00. The molecular formula is C19H26N4S. The summed E-state index contributed by atoms with van der Waals surface area (Å²) >= 11 is 1.79. The first-order chi connectivity index (χ1) is 11.7. The second-order valence-corrected chi connectivity index (χ2v) is 7.46. The van der Waals surface area contributed by atoms with E-state index in [0.717, 1.165) is 48.7 Å². The highest BCUT2D eigenvalue weighted by Crippen LogP contribution is 2.39. The number of benzene rings is 1. The number of thiophene rings is 1. The number of hydrogen-bond acceptors (Lipinski definition) is 5. The largest absolute Gasteiger partial charge is 0.356 e. The van der Waals surface area contributed by atoms with Crippen LogP contribution < -0.4 is 11.1 Å². The number of hydrogen-bond donors (Lipinski definition) is 2. The minimum Gasteiger partial charge on any atom is -0.356 e. The van der Waals surface area contributed by atoms with Gasteiger partial charge in [-0.1, -0.05) is 19.9 Å². The van der Waals surface area contributed by atoms with Crippen molar-refractivity contribution in [1.29, 1.82) is 0 Å². The van der Waals surface area contributed by atoms with E-state index in [9.17, 15) is 0 Å². The highest BCUT2D eigenvalue weighted by Gasteiger charge is 2.22. The van der Waals surface area contributed by atoms with Gasteiger partial charge in [-0.15, -0.1) is 11.3 Å². The minimum absolute atomic E-state index is 0.534. The molecule has 0 saturated heterocycles. The quantitative estimate of drug-likeness (QED) is 0.823. The second kappa shape index (κ2) is 7.36. The number of anilines is 2. The van der Waals surface area contributed by atoms with E-state index >= 15 is 0 Å². The Kier molecular flexibility index (Phi) is 5.21. The first-order valence-corrected chi connectivity index (χ1v) is 9.52. The van der Waals surface area contributed by atoms with Crippen LogP contribution in [0.5, 0.6) is 0 Å². The fourth-order valence-electron chi connectivity index (χ4n) is 3.08. The summed E-state index contributed by atoms with van der Waals surface area (Å²) in [4.78, 5) is 8.79. The third-order valence-corrected chi connectivity index (χ3v) is 5.12. The topological polar surface area (TPSA) is 53.6 Å². The van der Waals surface area contributed by atoms with E-state index in [1.54, 1.807) is 11.3 Å². The van der Waals surface area contributed by atoms with Gasteiger partial charge in [0.1, 0.15) is 10.8 Å². The number of nitrogens with one attached hydrogen (secondary N) is 1. The lowest BCUT2D eigenvalue weighted by molar-refractivity contribution is 0.418. The molecular weight excluding hydrogens is 316 g/mol. The first-order valence-electron chi connectivity index (χ1n) is 8.70. The van der Waals surface area contributed by atoms with Gasteiger partial charge in [0.15, 0.2) is 0 Å². The first kappa shape index (κ1) is 17.0. The van der Waals surface area contributed by atoms with Crippen molar-refractivity contribution in [2.45, 2.75) is 40.2 Å². The average molecular weight is 343 g/mol. The highest BCUT2D eigenvalue weighted by atomic mass is 32.1. The second-order valence-electron chi connectivity index (χ2n) is 6.20. The molecule has 1 aliphatic heterocycles. The van der Waals surface area contributed by atoms with Crippen LogP contribution in [0.3, 0.4) is 0 Å². The molecule has 2 heterocycles. The molecule has 0 radical (unpaired) electrons. The van der Waals surface area contributed by atoms with Crippen LogP contribution in [-0.2, 0) is 6.54 Å². The Morgan fingerprint density at radius 2 is 1.92 bits per heavy atom. The molecule has 3 N–H and O–H groups in total. The summed E-state index contributed by atoms with van der Waals surface area (Å²) in [6.45, 7) is 9.17. The van der Waals surface area contributed by atoms with Crippen LogP contribution in [0.1, 0.15) is 42.7 Å². The van der Waals surface area contributed by atoms with E-state index in [-0.39, 0.29) is 0 Å². The van der Waals surface area contributed by atoms with Crippen molar-refractivity contribution in [3.63, 3.8) is 0 Å². The van der Waals surface area contributed by atoms with Crippen molar-refractivity contribution in [2.24, 2.45) is 10.7 Å². The van der Waals surface area contributed by atoms with Crippen LogP contribution in [-0.4, -0.2) is 23.8 Å². The molecule has 128 valence electrons. The van der Waals surface area contributed by atoms with Crippen molar-refractivity contribution >= 4 is 33.5 Å². The van der Waals surface area contributed by atoms with Crippen molar-refractivity contribution in [2.75, 3.05) is 18.4 Å². The van der Waals surface area contributed by atoms with Gasteiger partial charge in [0.2, 0.25) is 0 Å². The number of nitrogens with two attached hydrogens (primary N) is 1. The lowest BCUT2D eigenvalue weighted by atomic mass is 10.1. The lowest BCUT2D eigenvalue weighted by Gasteiger charge is -2.25. The Hall–Kier alpha value is -1.85. The van der Waals surface area contributed by atoms with E-state index in [4.69, 9.17) is 10.7 Å². The maximum Gasteiger partial charge on any atom is 0.139 e. The molecule has 1 aliphatic rings. The van der Waals surface area contributed by atoms with E-state index in [0.29, 0.717) is 6.54 Å². The van der Waals surface area contributed by atoms with Crippen LogP contribution in [0.4, 0.5) is 16.4 Å². The zero-order valence-corrected chi connectivity index (χ0v) is 15.5. The monoisotopic (exact) mass is 342 g/mol. The van der Waals surface area contributed by atoms with Gasteiger partial charge in [0.25, 0.3) is 0 Å². The van der Waals surface area contributed by atoms with Crippen molar-refractivity contribution in [3.8, 4) is 0 Å². The van der Waals surface area contributed by atoms with Gasteiger partial charge in [-0.05, 0) is 43.5 Å². The molecule has 0 saturated carbocycles. The summed E-state index contributed by atoms with van der Waals surface area (Å²) in [7, 11) is 0. The zero-order valence-electron chi connectivity index (χ0n) is 14.7. The predicted molar refractivity (Wildman–Crippen MR) is 105 cm³/mol. The van der Waals surface area contributed by atoms with Gasteiger partial charge in [-0.2, -0.15) is 0 Å². The van der Waals surface area contributed by atoms with E-state index in [1.807, 2.05) is 0 Å². The highest BCUT2D eigenvalue weighted by molar-refractivity contribution is 7.16. The summed E-state index contributed by atoms with van der Waals surface area (Å²) in [5.41, 5.74) is 10.2. The summed E-state index contributed by atoms with van der Waals surface area (Å²) in [6.07, 6.45) is 2.22. The smallest absolute Gasteiger partial charge is 0.139 e. The summed E-state index contributed by atoms with van der Waals surface area (Å²) in [5.74, 6) is 1.08. The zero-order chi connectivity index (χ0) is 17.1. The van der Waals surface area contributed by atoms with Crippen LogP contribution in [0.15, 0.2) is 29.3 Å². The molecule has 0 amide bonds. The normalized spacial score (nSPS) is 12.8. The molecule has 1 aromatic carbocycles. The van der Waals surface area contributed by atoms with Gasteiger partial charge in [-0.25, -0.2) is 4.99 Å². The molecule has 4 nitrogen and oxygen atoms in total. The van der Waals surface area contributed by atoms with Crippen LogP contribution in [0.2, 0.25) is 0 Å². The molecule has 0 fully saturated rings. The van der Waals surface area contributed by atoms with E-state index in [1.165, 1.54) is 15.4 Å². The van der Waals surface area contributed by atoms with Crippen LogP contribution >= 0.6 is 11.3 Å². The Bertz CT molecular complexity index is 742. The van der Waals surface area contributed by atoms with Gasteiger partial charge >= 0.3 is 0 Å². The lowest BCUT2D eigenvalue weighted by Crippen LogP contribution is -2.33. The molecule has 5 heteroatoms. The standard InChI is InChI=1S/C19H26N4S/c1-4-8-23(9-5-2)18-15-10-13(3)24-19(15)22-16-7-6-14(12-20)11-17(16)21-18/h6-7,10-11,22H,4-5,8-9,12,20H2,1-3H3. The maximum atomic E-state index is 5.82. The number of rotatable bonds is 5. The Labute approximate surface area is 148 Å². The molecule has 0 atom stereocenters. The molecule has 0 bridgehead atoms. The fraction of sp³-hybridized carbons (Fsp3) is 0.421. The average Bonchev–Trinajstić information content (AvgIpc) is 2.86. The van der Waals surface area contributed by atoms with Crippen molar-refractivity contribution in [3.05, 3.63) is 40.3 Å². The number of nitrogens with zero attached hydrogens (tertiary/aromatic N) is 2. The number of aliphatic imine (C=N–C) groups is 1. The Morgan fingerprint density at radius 1 is 1.17 bits per heavy atom. The van der Waals surface area contributed by atoms with Gasteiger partial charge in [0, 0.05) is 24.5 Å². The van der Waals surface area contributed by atoms with E-state index in [2.05, 4.69) is 55.3 Å². The third-order valence-electron chi connectivity index (χ3n) is 4.16. The van der Waals surface area contributed by atoms with Crippen molar-refractivity contribution < 1.29 is 0 Å². The maximum absolute atomic E-state index is 5.82. The number of fused-ring (bicyclic) bond motifs is 2. The third kappa shape index (κ3) is 3.32. The molecule has 2 aromatic rings. The molecule has 1 aromatic heterocycles. The number of aryl methyl sites for hydroxylation is 1. The van der Waals surface area contributed by atoms with Gasteiger partial charge in [-0.3, -0.25) is 0 Å². The van der Waals surface area contributed by atoms with Crippen LogP contribution in [0, 0.1) is 6.92 Å². The van der Waals surface area contributed by atoms with E-state index < -0.39 is 0 Å². The Balaban J connectivity index is 2.14. The molecule has 0 spiro atoms. The van der Waals surface area contributed by atoms with Crippen LogP contribution in [0.25, 0.3) is 0 Å². The number of amidine groups is 1. The Morgan fingerprint density at radius 3 is 2.58 bits per heavy atom. The summed E-state index contributed by atoms with van der Waals surface area (Å²) < 4.78 is 0. The molecule has 3 rings (SSSR count). The molecule has 0 unspecified atom stereocenters.